The van der Waals surface area contributed by atoms with Crippen LogP contribution in [0.15, 0.2) is 151 Å². The molecule has 0 heterocycles. The zero-order valence-electron chi connectivity index (χ0n) is 26.1. The standard InChI is InChI=1S/C42H40N2/c1-6-15-31(19-14-20-35(29-44)34(28-43)17-8-3)36(18-9-4)42-39-23-12-10-21-37(39)41(38-22-11-13-24-40(38)42)33-26-25-30(5)32(27-33)16-7-2/h6-29,43-44H,3H2,1-2,4-5H3/b15-6-,16-7-,18-9-,19-14+,34-17+,35-20+,36-31+,43-28?,44-29?. The number of allylic oxidation sites excluding steroid dienone is 14. The first-order valence-corrected chi connectivity index (χ1v) is 14.9. The van der Waals surface area contributed by atoms with E-state index < -0.39 is 0 Å². The summed E-state index contributed by atoms with van der Waals surface area (Å²) < 4.78 is 0. The molecule has 2 heteroatoms. The molecule has 0 bridgehead atoms. The Morgan fingerprint density at radius 3 is 1.82 bits per heavy atom. The van der Waals surface area contributed by atoms with E-state index in [1.54, 1.807) is 12.2 Å². The maximum absolute atomic E-state index is 7.90. The third kappa shape index (κ3) is 6.66. The summed E-state index contributed by atoms with van der Waals surface area (Å²) >= 11 is 0. The summed E-state index contributed by atoms with van der Waals surface area (Å²) in [5, 5.41) is 20.4. The number of hydrogen-bond acceptors (Lipinski definition) is 2. The van der Waals surface area contributed by atoms with Gasteiger partial charge in [0.15, 0.2) is 0 Å². The molecule has 0 amide bonds. The van der Waals surface area contributed by atoms with Gasteiger partial charge in [0.1, 0.15) is 0 Å². The largest absolute Gasteiger partial charge is 0.308 e. The number of nitrogens with one attached hydrogen (secondary N) is 2. The second-order valence-corrected chi connectivity index (χ2v) is 10.4. The molecule has 44 heavy (non-hydrogen) atoms. The molecule has 4 aromatic carbocycles. The summed E-state index contributed by atoms with van der Waals surface area (Å²) in [6.45, 7) is 12.0. The number of fused-ring (bicyclic) bond motifs is 2. The minimum Gasteiger partial charge on any atom is -0.308 e. The number of rotatable bonds is 11. The van der Waals surface area contributed by atoms with E-state index in [9.17, 15) is 0 Å². The SMILES string of the molecule is C=C/C=C(C=N)/C(C=N)=C/C=C/C(/C=C\C)=C(\C=C/C)c1c2ccccc2c(-c2ccc(C)c(/C=C\C)c2)c2ccccc12. The summed E-state index contributed by atoms with van der Waals surface area (Å²) in [5.41, 5.74) is 9.52. The lowest BCUT2D eigenvalue weighted by Crippen LogP contribution is -1.95. The van der Waals surface area contributed by atoms with Gasteiger partial charge >= 0.3 is 0 Å². The maximum atomic E-state index is 7.90. The Labute approximate surface area is 262 Å². The molecule has 4 rings (SSSR count). The van der Waals surface area contributed by atoms with Gasteiger partial charge in [-0.1, -0.05) is 134 Å². The molecule has 0 unspecified atom stereocenters. The Hall–Kier alpha value is -5.34. The van der Waals surface area contributed by atoms with Gasteiger partial charge in [-0.05, 0) is 94.3 Å². The Kier molecular flexibility index (Phi) is 10.9. The normalized spacial score (nSPS) is 13.5. The Bertz CT molecular complexity index is 1880. The molecule has 0 saturated carbocycles. The van der Waals surface area contributed by atoms with E-state index in [-0.39, 0.29) is 0 Å². The van der Waals surface area contributed by atoms with Crippen LogP contribution in [0.1, 0.15) is 37.5 Å². The number of aryl methyl sites for hydroxylation is 1. The third-order valence-electron chi connectivity index (χ3n) is 7.60. The number of benzene rings is 4. The van der Waals surface area contributed by atoms with Crippen molar-refractivity contribution in [3.8, 4) is 11.1 Å². The van der Waals surface area contributed by atoms with E-state index >= 15 is 0 Å². The minimum absolute atomic E-state index is 0.631. The zero-order chi connectivity index (χ0) is 31.5. The van der Waals surface area contributed by atoms with Gasteiger partial charge in [-0.15, -0.1) is 0 Å². The van der Waals surface area contributed by atoms with Gasteiger partial charge < -0.3 is 10.8 Å². The molecule has 0 aliphatic heterocycles. The molecule has 4 aromatic rings. The first-order chi connectivity index (χ1) is 21.5. The van der Waals surface area contributed by atoms with Crippen LogP contribution in [0, 0.1) is 17.7 Å². The van der Waals surface area contributed by atoms with Crippen molar-refractivity contribution >= 4 is 45.6 Å². The van der Waals surface area contributed by atoms with E-state index in [0.717, 1.165) is 11.1 Å². The van der Waals surface area contributed by atoms with Crippen LogP contribution in [0.5, 0.6) is 0 Å². The molecule has 0 spiro atoms. The van der Waals surface area contributed by atoms with Crippen LogP contribution in [0.2, 0.25) is 0 Å². The molecule has 2 N–H and O–H groups in total. The van der Waals surface area contributed by atoms with Gasteiger partial charge in [-0.3, -0.25) is 0 Å². The first-order valence-electron chi connectivity index (χ1n) is 14.9. The molecule has 0 atom stereocenters. The van der Waals surface area contributed by atoms with Crippen molar-refractivity contribution in [1.29, 1.82) is 10.8 Å². The third-order valence-corrected chi connectivity index (χ3v) is 7.60. The second kappa shape index (κ2) is 15.2. The van der Waals surface area contributed by atoms with Gasteiger partial charge in [-0.2, -0.15) is 0 Å². The molecule has 0 aliphatic carbocycles. The highest BCUT2D eigenvalue weighted by molar-refractivity contribution is 6.20. The predicted molar refractivity (Wildman–Crippen MR) is 196 cm³/mol. The van der Waals surface area contributed by atoms with E-state index in [0.29, 0.717) is 11.1 Å². The van der Waals surface area contributed by atoms with Crippen molar-refractivity contribution in [3.05, 3.63) is 167 Å². The monoisotopic (exact) mass is 572 g/mol. The molecule has 0 fully saturated rings. The summed E-state index contributed by atoms with van der Waals surface area (Å²) in [5.74, 6) is 0. The predicted octanol–water partition coefficient (Wildman–Crippen LogP) is 11.8. The highest BCUT2D eigenvalue weighted by atomic mass is 14.4. The van der Waals surface area contributed by atoms with Crippen LogP contribution in [0.25, 0.3) is 44.3 Å². The molecular weight excluding hydrogens is 532 g/mol. The van der Waals surface area contributed by atoms with Gasteiger partial charge in [0.2, 0.25) is 0 Å². The number of hydrogen-bond donors (Lipinski definition) is 2. The topological polar surface area (TPSA) is 47.7 Å². The lowest BCUT2D eigenvalue weighted by atomic mass is 9.84. The first kappa shape index (κ1) is 31.6. The Morgan fingerprint density at radius 1 is 0.682 bits per heavy atom. The highest BCUT2D eigenvalue weighted by Crippen LogP contribution is 2.43. The minimum atomic E-state index is 0.631. The van der Waals surface area contributed by atoms with Crippen molar-refractivity contribution in [2.45, 2.75) is 27.7 Å². The zero-order valence-corrected chi connectivity index (χ0v) is 26.1. The van der Waals surface area contributed by atoms with E-state index in [1.807, 2.05) is 26.0 Å². The average Bonchev–Trinajstić information content (AvgIpc) is 3.04. The van der Waals surface area contributed by atoms with Crippen LogP contribution in [0.3, 0.4) is 0 Å². The molecule has 0 aromatic heterocycles. The lowest BCUT2D eigenvalue weighted by molar-refractivity contribution is 1.44. The lowest BCUT2D eigenvalue weighted by Gasteiger charge is -2.20. The second-order valence-electron chi connectivity index (χ2n) is 10.4. The summed E-state index contributed by atoms with van der Waals surface area (Å²) in [6.07, 6.45) is 24.5. The fourth-order valence-corrected chi connectivity index (χ4v) is 5.63. The maximum Gasteiger partial charge on any atom is 0.0256 e. The fourth-order valence-electron chi connectivity index (χ4n) is 5.63. The van der Waals surface area contributed by atoms with E-state index in [1.165, 1.54) is 61.8 Å². The molecule has 0 aliphatic rings. The molecule has 0 saturated heterocycles. The van der Waals surface area contributed by atoms with Crippen molar-refractivity contribution < 1.29 is 0 Å². The van der Waals surface area contributed by atoms with Crippen molar-refractivity contribution in [2.75, 3.05) is 0 Å². The van der Waals surface area contributed by atoms with Crippen LogP contribution in [0.4, 0.5) is 0 Å². The van der Waals surface area contributed by atoms with E-state index in [2.05, 4.69) is 130 Å². The smallest absolute Gasteiger partial charge is 0.0256 e. The molecule has 218 valence electrons. The van der Waals surface area contributed by atoms with Crippen molar-refractivity contribution in [2.24, 2.45) is 0 Å². The van der Waals surface area contributed by atoms with E-state index in [4.69, 9.17) is 10.8 Å². The summed E-state index contributed by atoms with van der Waals surface area (Å²) in [7, 11) is 0. The molecule has 0 radical (unpaired) electrons. The van der Waals surface area contributed by atoms with Crippen molar-refractivity contribution in [1.82, 2.24) is 0 Å². The van der Waals surface area contributed by atoms with Crippen LogP contribution < -0.4 is 0 Å². The van der Waals surface area contributed by atoms with Crippen LogP contribution in [-0.2, 0) is 0 Å². The molecule has 2 nitrogen and oxygen atoms in total. The fraction of sp³-hybridized carbons (Fsp3) is 0.0952. The quantitative estimate of drug-likeness (QED) is 0.102. The van der Waals surface area contributed by atoms with Gasteiger partial charge in [0, 0.05) is 23.6 Å². The van der Waals surface area contributed by atoms with Gasteiger partial charge in [-0.25, -0.2) is 0 Å². The van der Waals surface area contributed by atoms with Gasteiger partial charge in [0.25, 0.3) is 0 Å². The summed E-state index contributed by atoms with van der Waals surface area (Å²) in [4.78, 5) is 0. The average molecular weight is 573 g/mol. The molecular formula is C42H40N2. The van der Waals surface area contributed by atoms with Crippen molar-refractivity contribution in [3.63, 3.8) is 0 Å². The van der Waals surface area contributed by atoms with Gasteiger partial charge in [0.05, 0.1) is 0 Å². The Balaban J connectivity index is 2.10. The highest BCUT2D eigenvalue weighted by Gasteiger charge is 2.18. The van der Waals surface area contributed by atoms with Crippen LogP contribution in [-0.4, -0.2) is 12.4 Å². The van der Waals surface area contributed by atoms with Crippen LogP contribution >= 0.6 is 0 Å². The summed E-state index contributed by atoms with van der Waals surface area (Å²) in [6, 6.07) is 24.2. The Morgan fingerprint density at radius 2 is 1.27 bits per heavy atom.